The molecule has 2 nitrogen and oxygen atoms in total. The molecule has 0 saturated carbocycles. The Morgan fingerprint density at radius 2 is 1.65 bits per heavy atom. The topological polar surface area (TPSA) is 33.0 Å². The average Bonchev–Trinajstić information content (AvgIpc) is 2.61. The van der Waals surface area contributed by atoms with Crippen LogP contribution in [0.4, 0.5) is 0 Å². The second-order valence-corrected chi connectivity index (χ2v) is 5.41. The van der Waals surface area contributed by atoms with Gasteiger partial charge in [-0.05, 0) is 41.3 Å². The van der Waals surface area contributed by atoms with Gasteiger partial charge in [-0.3, -0.25) is 0 Å². The summed E-state index contributed by atoms with van der Waals surface area (Å²) < 4.78 is 5.81. The van der Waals surface area contributed by atoms with Gasteiger partial charge in [-0.25, -0.2) is 0 Å². The van der Waals surface area contributed by atoms with Gasteiger partial charge >= 0.3 is 0 Å². The van der Waals surface area contributed by atoms with E-state index in [1.807, 2.05) is 60.7 Å². The van der Waals surface area contributed by atoms with Crippen molar-refractivity contribution in [1.82, 2.24) is 0 Å². The zero-order valence-electron chi connectivity index (χ0n) is 13.0. The van der Waals surface area contributed by atoms with Crippen molar-refractivity contribution in [2.24, 2.45) is 0 Å². The highest BCUT2D eigenvalue weighted by Crippen LogP contribution is 2.28. The van der Waals surface area contributed by atoms with Crippen molar-refractivity contribution in [3.8, 4) is 22.9 Å². The van der Waals surface area contributed by atoms with Gasteiger partial charge in [-0.1, -0.05) is 60.7 Å². The van der Waals surface area contributed by atoms with Gasteiger partial charge in [0, 0.05) is 0 Å². The van der Waals surface area contributed by atoms with E-state index < -0.39 is 0 Å². The van der Waals surface area contributed by atoms with Crippen molar-refractivity contribution in [3.63, 3.8) is 0 Å². The minimum absolute atomic E-state index is 0.458. The molecule has 0 aliphatic rings. The first-order chi connectivity index (χ1) is 11.3. The number of ether oxygens (including phenoxy) is 1. The normalized spacial score (nSPS) is 10.1. The summed E-state index contributed by atoms with van der Waals surface area (Å²) in [6.45, 7) is 2.53. The van der Waals surface area contributed by atoms with Crippen molar-refractivity contribution >= 4 is 0 Å². The summed E-state index contributed by atoms with van der Waals surface area (Å²) in [4.78, 5) is 0. The smallest absolute Gasteiger partial charge is 0.137 e. The molecule has 0 atom stereocenters. The lowest BCUT2D eigenvalue weighted by molar-refractivity contribution is 0.305. The Labute approximate surface area is 136 Å². The molecule has 3 aromatic rings. The molecular formula is C21H17NO. The summed E-state index contributed by atoms with van der Waals surface area (Å²) in [5.41, 5.74) is 5.00. The van der Waals surface area contributed by atoms with Gasteiger partial charge in [0.1, 0.15) is 18.4 Å². The molecule has 23 heavy (non-hydrogen) atoms. The third-order valence-electron chi connectivity index (χ3n) is 3.79. The minimum Gasteiger partial charge on any atom is -0.488 e. The Morgan fingerprint density at radius 1 is 0.913 bits per heavy atom. The molecule has 0 aliphatic heterocycles. The van der Waals surface area contributed by atoms with Crippen molar-refractivity contribution in [2.45, 2.75) is 13.5 Å². The summed E-state index contributed by atoms with van der Waals surface area (Å²) >= 11 is 0. The molecule has 0 heterocycles. The van der Waals surface area contributed by atoms with Crippen LogP contribution in [-0.2, 0) is 6.61 Å². The number of hydrogen-bond acceptors (Lipinski definition) is 2. The van der Waals surface area contributed by atoms with Crippen LogP contribution < -0.4 is 4.74 Å². The predicted molar refractivity (Wildman–Crippen MR) is 92.1 cm³/mol. The number of hydrogen-bond donors (Lipinski definition) is 0. The molecule has 0 aliphatic carbocycles. The largest absolute Gasteiger partial charge is 0.488 e. The number of nitriles is 1. The lowest BCUT2D eigenvalue weighted by atomic mass is 9.99. The van der Waals surface area contributed by atoms with Gasteiger partial charge in [-0.2, -0.15) is 5.26 Å². The molecule has 3 rings (SSSR count). The Bertz CT molecular complexity index is 847. The maximum Gasteiger partial charge on any atom is 0.137 e. The Balaban J connectivity index is 1.86. The summed E-state index contributed by atoms with van der Waals surface area (Å²) in [6.07, 6.45) is 0. The standard InChI is InChI=1S/C21H17NO/c1-16-7-5-6-10-20(16)18-11-12-21(19(13-18)14-22)23-15-17-8-3-2-4-9-17/h2-13H,15H2,1H3. The quantitative estimate of drug-likeness (QED) is 0.670. The summed E-state index contributed by atoms with van der Waals surface area (Å²) in [7, 11) is 0. The van der Waals surface area contributed by atoms with E-state index in [-0.39, 0.29) is 0 Å². The lowest BCUT2D eigenvalue weighted by Gasteiger charge is -2.11. The zero-order valence-corrected chi connectivity index (χ0v) is 13.0. The van der Waals surface area contributed by atoms with E-state index in [4.69, 9.17) is 4.74 Å². The molecule has 0 radical (unpaired) electrons. The van der Waals surface area contributed by atoms with Crippen LogP contribution >= 0.6 is 0 Å². The van der Waals surface area contributed by atoms with E-state index in [1.165, 1.54) is 5.56 Å². The molecule has 0 N–H and O–H groups in total. The summed E-state index contributed by atoms with van der Waals surface area (Å²) in [5.74, 6) is 0.619. The van der Waals surface area contributed by atoms with E-state index in [0.717, 1.165) is 16.7 Å². The lowest BCUT2D eigenvalue weighted by Crippen LogP contribution is -1.97. The molecule has 0 spiro atoms. The molecule has 112 valence electrons. The highest BCUT2D eigenvalue weighted by Gasteiger charge is 2.08. The average molecular weight is 299 g/mol. The van der Waals surface area contributed by atoms with Crippen LogP contribution in [0.25, 0.3) is 11.1 Å². The van der Waals surface area contributed by atoms with Crippen molar-refractivity contribution < 1.29 is 4.74 Å². The molecule has 2 heteroatoms. The molecule has 0 fully saturated rings. The Morgan fingerprint density at radius 3 is 2.39 bits per heavy atom. The number of nitrogens with zero attached hydrogens (tertiary/aromatic N) is 1. The van der Waals surface area contributed by atoms with Crippen LogP contribution in [0.3, 0.4) is 0 Å². The van der Waals surface area contributed by atoms with Crippen molar-refractivity contribution in [3.05, 3.63) is 89.5 Å². The van der Waals surface area contributed by atoms with Crippen LogP contribution in [0.5, 0.6) is 5.75 Å². The summed E-state index contributed by atoms with van der Waals surface area (Å²) in [6, 6.07) is 26.1. The minimum atomic E-state index is 0.458. The molecule has 0 aromatic heterocycles. The van der Waals surface area contributed by atoms with E-state index in [0.29, 0.717) is 17.9 Å². The fourth-order valence-electron chi connectivity index (χ4n) is 2.54. The predicted octanol–water partition coefficient (Wildman–Crippen LogP) is 5.11. The van der Waals surface area contributed by atoms with E-state index >= 15 is 0 Å². The maximum atomic E-state index is 9.43. The fraction of sp³-hybridized carbons (Fsp3) is 0.0952. The number of benzene rings is 3. The van der Waals surface area contributed by atoms with E-state index in [2.05, 4.69) is 25.1 Å². The fourth-order valence-corrected chi connectivity index (χ4v) is 2.54. The zero-order chi connectivity index (χ0) is 16.1. The van der Waals surface area contributed by atoms with Crippen LogP contribution in [0.15, 0.2) is 72.8 Å². The van der Waals surface area contributed by atoms with Gasteiger partial charge in [0.05, 0.1) is 5.56 Å². The molecule has 0 bridgehead atoms. The summed E-state index contributed by atoms with van der Waals surface area (Å²) in [5, 5.41) is 9.43. The molecule has 3 aromatic carbocycles. The highest BCUT2D eigenvalue weighted by atomic mass is 16.5. The van der Waals surface area contributed by atoms with Crippen molar-refractivity contribution in [2.75, 3.05) is 0 Å². The maximum absolute atomic E-state index is 9.43. The van der Waals surface area contributed by atoms with Crippen LogP contribution in [-0.4, -0.2) is 0 Å². The Hall–Kier alpha value is -3.05. The SMILES string of the molecule is Cc1ccccc1-c1ccc(OCc2ccccc2)c(C#N)c1. The highest BCUT2D eigenvalue weighted by molar-refractivity contribution is 5.70. The first-order valence-electron chi connectivity index (χ1n) is 7.55. The van der Waals surface area contributed by atoms with Crippen LogP contribution in [0.2, 0.25) is 0 Å². The van der Waals surface area contributed by atoms with Gasteiger partial charge in [0.2, 0.25) is 0 Å². The number of rotatable bonds is 4. The monoisotopic (exact) mass is 299 g/mol. The first-order valence-corrected chi connectivity index (χ1v) is 7.55. The van der Waals surface area contributed by atoms with Gasteiger partial charge in [0.25, 0.3) is 0 Å². The van der Waals surface area contributed by atoms with E-state index in [1.54, 1.807) is 0 Å². The number of aryl methyl sites for hydroxylation is 1. The Kier molecular flexibility index (Phi) is 4.40. The first kappa shape index (κ1) is 14.9. The third kappa shape index (κ3) is 3.41. The van der Waals surface area contributed by atoms with Crippen LogP contribution in [0, 0.1) is 18.3 Å². The molecule has 0 saturated heterocycles. The van der Waals surface area contributed by atoms with Crippen LogP contribution in [0.1, 0.15) is 16.7 Å². The van der Waals surface area contributed by atoms with Gasteiger partial charge < -0.3 is 4.74 Å². The second-order valence-electron chi connectivity index (χ2n) is 5.41. The molecule has 0 unspecified atom stereocenters. The molecular weight excluding hydrogens is 282 g/mol. The third-order valence-corrected chi connectivity index (χ3v) is 3.79. The van der Waals surface area contributed by atoms with E-state index in [9.17, 15) is 5.26 Å². The van der Waals surface area contributed by atoms with Crippen molar-refractivity contribution in [1.29, 1.82) is 5.26 Å². The molecule has 0 amide bonds. The van der Waals surface area contributed by atoms with Gasteiger partial charge in [-0.15, -0.1) is 0 Å². The second kappa shape index (κ2) is 6.81. The van der Waals surface area contributed by atoms with Gasteiger partial charge in [0.15, 0.2) is 0 Å².